The smallest absolute Gasteiger partial charge is 0.0399 e. The molecule has 2 saturated heterocycles. The minimum atomic E-state index is 0. The van der Waals surface area contributed by atoms with E-state index in [0.717, 1.165) is 5.92 Å². The molecule has 3 nitrogen and oxygen atoms in total. The van der Waals surface area contributed by atoms with Crippen LogP contribution in [0.3, 0.4) is 0 Å². The SMILES string of the molecule is Cc1cccc(N2CCN(CCC3CCNC3)CC2)c1C.Cl. The third-order valence-corrected chi connectivity index (χ3v) is 5.30. The summed E-state index contributed by atoms with van der Waals surface area (Å²) < 4.78 is 0. The van der Waals surface area contributed by atoms with Gasteiger partial charge in [-0.2, -0.15) is 0 Å². The Morgan fingerprint density at radius 2 is 1.91 bits per heavy atom. The highest BCUT2D eigenvalue weighted by Gasteiger charge is 2.20. The first kappa shape index (κ1) is 17.6. The highest BCUT2D eigenvalue weighted by molar-refractivity contribution is 5.85. The van der Waals surface area contributed by atoms with Crippen molar-refractivity contribution in [3.63, 3.8) is 0 Å². The second-order valence-corrected chi connectivity index (χ2v) is 6.70. The van der Waals surface area contributed by atoms with Crippen LogP contribution in [-0.2, 0) is 0 Å². The summed E-state index contributed by atoms with van der Waals surface area (Å²) >= 11 is 0. The predicted octanol–water partition coefficient (Wildman–Crippen LogP) is 2.85. The molecule has 1 N–H and O–H groups in total. The first-order valence-electron chi connectivity index (χ1n) is 8.48. The number of halogens is 1. The number of nitrogens with zero attached hydrogens (tertiary/aromatic N) is 2. The molecule has 1 unspecified atom stereocenters. The van der Waals surface area contributed by atoms with Crippen molar-refractivity contribution in [3.8, 4) is 0 Å². The third-order valence-electron chi connectivity index (χ3n) is 5.30. The van der Waals surface area contributed by atoms with Gasteiger partial charge in [-0.25, -0.2) is 0 Å². The third kappa shape index (κ3) is 4.15. The molecule has 1 aromatic carbocycles. The Hall–Kier alpha value is -0.770. The number of nitrogens with one attached hydrogen (secondary N) is 1. The van der Waals surface area contributed by atoms with Crippen LogP contribution < -0.4 is 10.2 Å². The maximum absolute atomic E-state index is 3.47. The van der Waals surface area contributed by atoms with Gasteiger partial charge in [-0.15, -0.1) is 12.4 Å². The summed E-state index contributed by atoms with van der Waals surface area (Å²) in [7, 11) is 0. The molecule has 0 bridgehead atoms. The summed E-state index contributed by atoms with van der Waals surface area (Å²) in [6.45, 7) is 13.0. The number of rotatable bonds is 4. The van der Waals surface area contributed by atoms with Crippen molar-refractivity contribution in [2.75, 3.05) is 50.7 Å². The highest BCUT2D eigenvalue weighted by atomic mass is 35.5. The quantitative estimate of drug-likeness (QED) is 0.919. The van der Waals surface area contributed by atoms with E-state index >= 15 is 0 Å². The van der Waals surface area contributed by atoms with Crippen LogP contribution in [0.1, 0.15) is 24.0 Å². The molecule has 3 rings (SSSR count). The van der Waals surface area contributed by atoms with Crippen LogP contribution in [0.5, 0.6) is 0 Å². The highest BCUT2D eigenvalue weighted by Crippen LogP contribution is 2.24. The second-order valence-electron chi connectivity index (χ2n) is 6.70. The Morgan fingerprint density at radius 3 is 2.59 bits per heavy atom. The van der Waals surface area contributed by atoms with Crippen LogP contribution in [0.2, 0.25) is 0 Å². The monoisotopic (exact) mass is 323 g/mol. The molecule has 1 aromatic rings. The van der Waals surface area contributed by atoms with Crippen molar-refractivity contribution < 1.29 is 0 Å². The molecule has 1 atom stereocenters. The Morgan fingerprint density at radius 1 is 1.14 bits per heavy atom. The standard InChI is InChI=1S/C18H29N3.ClH/c1-15-4-3-5-18(16(15)2)21-12-10-20(11-13-21)9-7-17-6-8-19-14-17;/h3-5,17,19H,6-14H2,1-2H3;1H. The van der Waals surface area contributed by atoms with Gasteiger partial charge in [0.2, 0.25) is 0 Å². The topological polar surface area (TPSA) is 18.5 Å². The average Bonchev–Trinajstić information content (AvgIpc) is 3.02. The van der Waals surface area contributed by atoms with Crippen molar-refractivity contribution in [1.29, 1.82) is 0 Å². The average molecular weight is 324 g/mol. The van der Waals surface area contributed by atoms with Crippen LogP contribution in [-0.4, -0.2) is 50.7 Å². The van der Waals surface area contributed by atoms with Gasteiger partial charge >= 0.3 is 0 Å². The van der Waals surface area contributed by atoms with Gasteiger partial charge in [0.25, 0.3) is 0 Å². The molecule has 0 amide bonds. The lowest BCUT2D eigenvalue weighted by Crippen LogP contribution is -2.47. The van der Waals surface area contributed by atoms with E-state index in [4.69, 9.17) is 0 Å². The van der Waals surface area contributed by atoms with E-state index < -0.39 is 0 Å². The lowest BCUT2D eigenvalue weighted by Gasteiger charge is -2.37. The van der Waals surface area contributed by atoms with Crippen molar-refractivity contribution in [3.05, 3.63) is 29.3 Å². The first-order chi connectivity index (χ1) is 10.2. The number of hydrogen-bond donors (Lipinski definition) is 1. The molecule has 2 aliphatic rings. The molecule has 2 heterocycles. The van der Waals surface area contributed by atoms with Gasteiger partial charge in [0, 0.05) is 31.9 Å². The van der Waals surface area contributed by atoms with E-state index in [-0.39, 0.29) is 12.4 Å². The number of anilines is 1. The van der Waals surface area contributed by atoms with Crippen LogP contribution in [0.15, 0.2) is 18.2 Å². The Bertz CT molecular complexity index is 463. The number of benzene rings is 1. The van der Waals surface area contributed by atoms with Gasteiger partial charge in [0.1, 0.15) is 0 Å². The van der Waals surface area contributed by atoms with Crippen LogP contribution in [0, 0.1) is 19.8 Å². The zero-order valence-electron chi connectivity index (χ0n) is 14.0. The summed E-state index contributed by atoms with van der Waals surface area (Å²) in [5, 5.41) is 3.47. The largest absolute Gasteiger partial charge is 0.369 e. The molecule has 22 heavy (non-hydrogen) atoms. The van der Waals surface area contributed by atoms with Gasteiger partial charge in [0.15, 0.2) is 0 Å². The zero-order chi connectivity index (χ0) is 14.7. The van der Waals surface area contributed by atoms with Crippen LogP contribution in [0.25, 0.3) is 0 Å². The molecule has 2 fully saturated rings. The number of aryl methyl sites for hydroxylation is 1. The van der Waals surface area contributed by atoms with Gasteiger partial charge in [-0.3, -0.25) is 4.90 Å². The van der Waals surface area contributed by atoms with E-state index in [9.17, 15) is 0 Å². The number of piperazine rings is 1. The van der Waals surface area contributed by atoms with Crippen LogP contribution in [0.4, 0.5) is 5.69 Å². The molecule has 0 saturated carbocycles. The molecule has 0 aromatic heterocycles. The predicted molar refractivity (Wildman–Crippen MR) is 97.4 cm³/mol. The fourth-order valence-electron chi connectivity index (χ4n) is 3.62. The van der Waals surface area contributed by atoms with Gasteiger partial charge in [-0.05, 0) is 69.4 Å². The summed E-state index contributed by atoms with van der Waals surface area (Å²) in [5.74, 6) is 0.919. The Kier molecular flexibility index (Phi) is 6.54. The molecule has 0 radical (unpaired) electrons. The first-order valence-corrected chi connectivity index (χ1v) is 8.48. The summed E-state index contributed by atoms with van der Waals surface area (Å²) in [4.78, 5) is 5.22. The molecular weight excluding hydrogens is 294 g/mol. The molecular formula is C18H30ClN3. The normalized spacial score (nSPS) is 22.6. The van der Waals surface area contributed by atoms with E-state index in [0.29, 0.717) is 0 Å². The summed E-state index contributed by atoms with van der Waals surface area (Å²) in [5.41, 5.74) is 4.29. The molecule has 2 aliphatic heterocycles. The molecule has 124 valence electrons. The van der Waals surface area contributed by atoms with E-state index in [1.807, 2.05) is 0 Å². The fourth-order valence-corrected chi connectivity index (χ4v) is 3.62. The van der Waals surface area contributed by atoms with Crippen molar-refractivity contribution in [2.45, 2.75) is 26.7 Å². The zero-order valence-corrected chi connectivity index (χ0v) is 14.8. The fraction of sp³-hybridized carbons (Fsp3) is 0.667. The molecule has 0 spiro atoms. The van der Waals surface area contributed by atoms with Gasteiger partial charge < -0.3 is 10.2 Å². The van der Waals surface area contributed by atoms with Gasteiger partial charge in [-0.1, -0.05) is 12.1 Å². The van der Waals surface area contributed by atoms with Crippen LogP contribution >= 0.6 is 12.4 Å². The maximum Gasteiger partial charge on any atom is 0.0399 e. The lowest BCUT2D eigenvalue weighted by molar-refractivity contribution is 0.240. The summed E-state index contributed by atoms with van der Waals surface area (Å²) in [6.07, 6.45) is 2.75. The number of hydrogen-bond acceptors (Lipinski definition) is 3. The maximum atomic E-state index is 3.47. The molecule has 0 aliphatic carbocycles. The molecule has 4 heteroatoms. The van der Waals surface area contributed by atoms with Gasteiger partial charge in [0.05, 0.1) is 0 Å². The van der Waals surface area contributed by atoms with E-state index in [1.165, 1.54) is 75.5 Å². The van der Waals surface area contributed by atoms with Crippen molar-refractivity contribution >= 4 is 18.1 Å². The second kappa shape index (κ2) is 8.19. The van der Waals surface area contributed by atoms with Crippen molar-refractivity contribution in [1.82, 2.24) is 10.2 Å². The Balaban J connectivity index is 0.00000176. The minimum Gasteiger partial charge on any atom is -0.369 e. The summed E-state index contributed by atoms with van der Waals surface area (Å²) in [6, 6.07) is 6.68. The van der Waals surface area contributed by atoms with E-state index in [1.54, 1.807) is 0 Å². The van der Waals surface area contributed by atoms with E-state index in [2.05, 4.69) is 47.2 Å². The van der Waals surface area contributed by atoms with Crippen molar-refractivity contribution in [2.24, 2.45) is 5.92 Å². The minimum absolute atomic E-state index is 0. The lowest BCUT2D eigenvalue weighted by atomic mass is 10.0. The Labute approximate surface area is 141 Å².